The molecule has 0 radical (unpaired) electrons. The summed E-state index contributed by atoms with van der Waals surface area (Å²) in [4.78, 5) is 12.6. The van der Waals surface area contributed by atoms with Crippen LogP contribution < -0.4 is 5.32 Å². The second-order valence-corrected chi connectivity index (χ2v) is 9.23. The van der Waals surface area contributed by atoms with Crippen molar-refractivity contribution in [1.29, 1.82) is 0 Å². The molecule has 2 heterocycles. The number of carbonyl (C=O) groups excluding carboxylic acids is 1. The number of esters is 1. The summed E-state index contributed by atoms with van der Waals surface area (Å²) in [5, 5.41) is 14.9. The number of aliphatic hydroxyl groups excluding tert-OH is 1. The lowest BCUT2D eigenvalue weighted by molar-refractivity contribution is -0.144. The van der Waals surface area contributed by atoms with Crippen LogP contribution in [-0.4, -0.2) is 35.9 Å². The first kappa shape index (κ1) is 19.7. The Kier molecular flexibility index (Phi) is 5.41. The second-order valence-electron chi connectivity index (χ2n) is 9.23. The van der Waals surface area contributed by atoms with E-state index < -0.39 is 6.10 Å². The Morgan fingerprint density at radius 3 is 3.00 bits per heavy atom. The van der Waals surface area contributed by atoms with Crippen molar-refractivity contribution in [3.8, 4) is 0 Å². The molecule has 7 atom stereocenters. The smallest absolute Gasteiger partial charge is 0.311 e. The molecule has 0 aromatic carbocycles. The van der Waals surface area contributed by atoms with E-state index in [2.05, 4.69) is 32.2 Å². The van der Waals surface area contributed by atoms with Crippen molar-refractivity contribution >= 4 is 5.97 Å². The Hall–Kier alpha value is -1.59. The number of furan rings is 1. The molecule has 0 bridgehead atoms. The quantitative estimate of drug-likeness (QED) is 0.578. The number of allylic oxidation sites excluding steroid dienone is 1. The molecule has 5 nitrogen and oxygen atoms in total. The first-order valence-electron chi connectivity index (χ1n) is 10.7. The molecule has 1 aliphatic heterocycles. The highest BCUT2D eigenvalue weighted by molar-refractivity contribution is 5.76. The SMILES string of the molecule is CC(CCc1ccco1)NCC1C(=O)OC2CC3=CCCC(C)C3(C)C(O)C21. The van der Waals surface area contributed by atoms with Gasteiger partial charge < -0.3 is 19.6 Å². The summed E-state index contributed by atoms with van der Waals surface area (Å²) in [5.41, 5.74) is 1.05. The second kappa shape index (κ2) is 7.68. The van der Waals surface area contributed by atoms with Crippen molar-refractivity contribution in [2.75, 3.05) is 6.54 Å². The largest absolute Gasteiger partial charge is 0.469 e. The van der Waals surface area contributed by atoms with Crippen LogP contribution in [0.2, 0.25) is 0 Å². The fourth-order valence-corrected chi connectivity index (χ4v) is 5.54. The van der Waals surface area contributed by atoms with E-state index in [-0.39, 0.29) is 35.4 Å². The number of aliphatic hydroxyl groups is 1. The molecule has 1 saturated carbocycles. The lowest BCUT2D eigenvalue weighted by atomic mass is 9.55. The number of nitrogens with one attached hydrogen (secondary N) is 1. The first-order valence-corrected chi connectivity index (χ1v) is 10.7. The van der Waals surface area contributed by atoms with Crippen LogP contribution in [0.1, 0.15) is 52.2 Å². The zero-order valence-corrected chi connectivity index (χ0v) is 17.2. The van der Waals surface area contributed by atoms with Crippen molar-refractivity contribution in [3.05, 3.63) is 35.8 Å². The van der Waals surface area contributed by atoms with E-state index in [0.717, 1.165) is 37.9 Å². The first-order chi connectivity index (χ1) is 13.4. The van der Waals surface area contributed by atoms with Crippen molar-refractivity contribution in [2.24, 2.45) is 23.2 Å². The maximum absolute atomic E-state index is 12.6. The van der Waals surface area contributed by atoms with Gasteiger partial charge >= 0.3 is 5.97 Å². The number of aryl methyl sites for hydroxylation is 1. The summed E-state index contributed by atoms with van der Waals surface area (Å²) < 4.78 is 11.1. The van der Waals surface area contributed by atoms with Gasteiger partial charge in [0.15, 0.2) is 0 Å². The van der Waals surface area contributed by atoms with E-state index in [0.29, 0.717) is 12.5 Å². The van der Waals surface area contributed by atoms with Gasteiger partial charge in [-0.15, -0.1) is 0 Å². The van der Waals surface area contributed by atoms with Gasteiger partial charge in [-0.05, 0) is 44.2 Å². The van der Waals surface area contributed by atoms with Gasteiger partial charge in [-0.25, -0.2) is 0 Å². The van der Waals surface area contributed by atoms with E-state index >= 15 is 0 Å². The average molecular weight is 388 g/mol. The molecule has 5 heteroatoms. The minimum Gasteiger partial charge on any atom is -0.469 e. The highest BCUT2D eigenvalue weighted by Crippen LogP contribution is 2.55. The molecule has 3 aliphatic rings. The summed E-state index contributed by atoms with van der Waals surface area (Å²) >= 11 is 0. The van der Waals surface area contributed by atoms with Gasteiger partial charge in [0.1, 0.15) is 11.9 Å². The molecule has 7 unspecified atom stereocenters. The van der Waals surface area contributed by atoms with Crippen LogP contribution >= 0.6 is 0 Å². The molecule has 4 rings (SSSR count). The zero-order valence-electron chi connectivity index (χ0n) is 17.2. The predicted molar refractivity (Wildman–Crippen MR) is 107 cm³/mol. The summed E-state index contributed by atoms with van der Waals surface area (Å²) in [6, 6.07) is 4.15. The molecule has 2 N–H and O–H groups in total. The molecule has 154 valence electrons. The number of fused-ring (bicyclic) bond motifs is 2. The molecular formula is C23H33NO4. The van der Waals surface area contributed by atoms with Crippen LogP contribution in [0.3, 0.4) is 0 Å². The Bertz CT molecular complexity index is 727. The van der Waals surface area contributed by atoms with Crippen molar-refractivity contribution in [3.63, 3.8) is 0 Å². The molecule has 2 fully saturated rings. The van der Waals surface area contributed by atoms with Crippen LogP contribution in [-0.2, 0) is 16.0 Å². The van der Waals surface area contributed by atoms with Crippen molar-refractivity contribution in [2.45, 2.75) is 71.1 Å². The van der Waals surface area contributed by atoms with E-state index in [4.69, 9.17) is 9.15 Å². The topological polar surface area (TPSA) is 71.7 Å². The zero-order chi connectivity index (χ0) is 19.9. The van der Waals surface area contributed by atoms with Gasteiger partial charge in [-0.2, -0.15) is 0 Å². The molecule has 1 aromatic rings. The lowest BCUT2D eigenvalue weighted by Crippen LogP contribution is -2.54. The minimum absolute atomic E-state index is 0.125. The molecule has 1 aromatic heterocycles. The maximum Gasteiger partial charge on any atom is 0.311 e. The fraction of sp³-hybridized carbons (Fsp3) is 0.696. The number of ether oxygens (including phenoxy) is 1. The van der Waals surface area contributed by atoms with Crippen LogP contribution in [0.5, 0.6) is 0 Å². The van der Waals surface area contributed by atoms with E-state index in [1.165, 1.54) is 5.57 Å². The fourth-order valence-electron chi connectivity index (χ4n) is 5.54. The van der Waals surface area contributed by atoms with Crippen LogP contribution in [0, 0.1) is 23.2 Å². The van der Waals surface area contributed by atoms with E-state index in [1.54, 1.807) is 6.26 Å². The third-order valence-corrected chi connectivity index (χ3v) is 7.66. The number of hydrogen-bond donors (Lipinski definition) is 2. The summed E-state index contributed by atoms with van der Waals surface area (Å²) in [6.07, 6.45) is 7.98. The van der Waals surface area contributed by atoms with Crippen molar-refractivity contribution in [1.82, 2.24) is 5.32 Å². The van der Waals surface area contributed by atoms with Gasteiger partial charge in [0, 0.05) is 36.8 Å². The average Bonchev–Trinajstić information content (AvgIpc) is 3.28. The van der Waals surface area contributed by atoms with Gasteiger partial charge in [0.05, 0.1) is 18.3 Å². The highest BCUT2D eigenvalue weighted by atomic mass is 16.6. The number of rotatable bonds is 6. The Balaban J connectivity index is 1.41. The van der Waals surface area contributed by atoms with Crippen LogP contribution in [0.4, 0.5) is 0 Å². The van der Waals surface area contributed by atoms with E-state index in [9.17, 15) is 9.90 Å². The van der Waals surface area contributed by atoms with Gasteiger partial charge in [-0.3, -0.25) is 4.79 Å². The van der Waals surface area contributed by atoms with Crippen molar-refractivity contribution < 1.29 is 19.1 Å². The molecule has 28 heavy (non-hydrogen) atoms. The Morgan fingerprint density at radius 1 is 1.43 bits per heavy atom. The Morgan fingerprint density at radius 2 is 2.25 bits per heavy atom. The lowest BCUT2D eigenvalue weighted by Gasteiger charge is -2.51. The monoisotopic (exact) mass is 387 g/mol. The number of carbonyl (C=O) groups is 1. The summed E-state index contributed by atoms with van der Waals surface area (Å²) in [5.74, 6) is 0.837. The van der Waals surface area contributed by atoms with Crippen LogP contribution in [0.25, 0.3) is 0 Å². The normalized spacial score (nSPS) is 38.4. The number of hydrogen-bond acceptors (Lipinski definition) is 5. The van der Waals surface area contributed by atoms with Gasteiger partial charge in [0.2, 0.25) is 0 Å². The molecule has 2 aliphatic carbocycles. The molecule has 0 spiro atoms. The minimum atomic E-state index is -0.538. The third-order valence-electron chi connectivity index (χ3n) is 7.66. The molecule has 1 saturated heterocycles. The van der Waals surface area contributed by atoms with E-state index in [1.807, 2.05) is 12.1 Å². The maximum atomic E-state index is 12.6. The highest BCUT2D eigenvalue weighted by Gasteiger charge is 2.59. The van der Waals surface area contributed by atoms with Gasteiger partial charge in [0.25, 0.3) is 0 Å². The Labute approximate surface area is 167 Å². The predicted octanol–water partition coefficient (Wildman–Crippen LogP) is 3.48. The third kappa shape index (κ3) is 3.33. The van der Waals surface area contributed by atoms with Gasteiger partial charge in [-0.1, -0.05) is 25.5 Å². The molecular weight excluding hydrogens is 354 g/mol. The summed E-state index contributed by atoms with van der Waals surface area (Å²) in [6.45, 7) is 7.10. The molecule has 0 amide bonds. The standard InChI is InChI=1S/C23H33NO4/c1-14-6-4-7-16-12-19-20(21(25)23(14,16)3)18(22(26)28-19)13-24-15(2)9-10-17-8-5-11-27-17/h5,7-8,11,14-15,18-21,24-25H,4,6,9-10,12-13H2,1-3H3. The summed E-state index contributed by atoms with van der Waals surface area (Å²) in [7, 11) is 0. The van der Waals surface area contributed by atoms with Crippen LogP contribution in [0.15, 0.2) is 34.5 Å².